The Morgan fingerprint density at radius 1 is 1.24 bits per heavy atom. The Balaban J connectivity index is 2.05. The molecule has 1 aliphatic carbocycles. The molecule has 4 nitrogen and oxygen atoms in total. The summed E-state index contributed by atoms with van der Waals surface area (Å²) in [4.78, 5) is 13.1. The molecule has 1 saturated carbocycles. The number of terminal acetylenes is 1. The maximum absolute atomic E-state index is 13.1. The van der Waals surface area contributed by atoms with E-state index >= 15 is 0 Å². The van der Waals surface area contributed by atoms with Crippen LogP contribution in [-0.4, -0.2) is 22.8 Å². The van der Waals surface area contributed by atoms with Gasteiger partial charge in [0.2, 0.25) is 0 Å². The van der Waals surface area contributed by atoms with Gasteiger partial charge in [0.1, 0.15) is 0 Å². The lowest BCUT2D eigenvalue weighted by molar-refractivity contribution is 0.247. The number of hydrogen-bond donors (Lipinski definition) is 2. The van der Waals surface area contributed by atoms with Gasteiger partial charge in [0, 0.05) is 11.9 Å². The van der Waals surface area contributed by atoms with Gasteiger partial charge in [0.05, 0.1) is 24.8 Å². The number of rotatable bonds is 6. The van der Waals surface area contributed by atoms with Crippen molar-refractivity contribution in [1.29, 1.82) is 0 Å². The molecule has 1 unspecified atom stereocenters. The van der Waals surface area contributed by atoms with Crippen LogP contribution in [-0.2, 0) is 0 Å². The monoisotopic (exact) mass is 334 g/mol. The minimum atomic E-state index is -0.408. The maximum atomic E-state index is 13.1. The van der Waals surface area contributed by atoms with Crippen LogP contribution in [0.25, 0.3) is 5.70 Å². The lowest BCUT2D eigenvalue weighted by Gasteiger charge is -2.24. The minimum Gasteiger partial charge on any atom is -0.394 e. The van der Waals surface area contributed by atoms with Crippen molar-refractivity contribution < 1.29 is 5.11 Å². The van der Waals surface area contributed by atoms with Crippen molar-refractivity contribution in [3.8, 4) is 12.3 Å². The third-order valence-corrected chi connectivity index (χ3v) is 4.61. The van der Waals surface area contributed by atoms with E-state index in [-0.39, 0.29) is 12.2 Å². The molecule has 1 aliphatic rings. The van der Waals surface area contributed by atoms with E-state index in [1.807, 2.05) is 42.5 Å². The van der Waals surface area contributed by atoms with E-state index in [1.165, 1.54) is 5.57 Å². The molecule has 3 rings (SSSR count). The summed E-state index contributed by atoms with van der Waals surface area (Å²) in [6.07, 6.45) is 10.2. The number of aromatic nitrogens is 1. The third-order valence-electron chi connectivity index (χ3n) is 4.61. The largest absolute Gasteiger partial charge is 0.394 e. The van der Waals surface area contributed by atoms with Gasteiger partial charge in [0.15, 0.2) is 0 Å². The first-order valence-corrected chi connectivity index (χ1v) is 8.53. The Bertz CT molecular complexity index is 853. The molecule has 0 spiro atoms. The van der Waals surface area contributed by atoms with Gasteiger partial charge in [-0.3, -0.25) is 4.79 Å². The van der Waals surface area contributed by atoms with Crippen LogP contribution in [0.15, 0.2) is 59.0 Å². The Morgan fingerprint density at radius 2 is 2.00 bits per heavy atom. The van der Waals surface area contributed by atoms with Gasteiger partial charge in [0.25, 0.3) is 5.56 Å². The van der Waals surface area contributed by atoms with Gasteiger partial charge in [-0.15, -0.1) is 6.42 Å². The van der Waals surface area contributed by atoms with Crippen molar-refractivity contribution in [3.05, 3.63) is 75.7 Å². The molecule has 0 radical (unpaired) electrons. The second-order valence-corrected chi connectivity index (χ2v) is 6.13. The predicted molar refractivity (Wildman–Crippen MR) is 100.0 cm³/mol. The van der Waals surface area contributed by atoms with Gasteiger partial charge in [-0.2, -0.15) is 0 Å². The molecule has 1 aromatic carbocycles. The number of nitrogens with zero attached hydrogens (tertiary/aromatic N) is 1. The van der Waals surface area contributed by atoms with Gasteiger partial charge in [-0.1, -0.05) is 36.3 Å². The summed E-state index contributed by atoms with van der Waals surface area (Å²) in [6.45, 7) is 0.242. The van der Waals surface area contributed by atoms with Crippen LogP contribution in [0.4, 0.5) is 0 Å². The van der Waals surface area contributed by atoms with Crippen molar-refractivity contribution in [2.24, 2.45) is 0 Å². The number of hydrogen-bond acceptors (Lipinski definition) is 3. The average molecular weight is 334 g/mol. The summed E-state index contributed by atoms with van der Waals surface area (Å²) in [5.74, 6) is 2.57. The van der Waals surface area contributed by atoms with E-state index in [1.54, 1.807) is 10.8 Å². The summed E-state index contributed by atoms with van der Waals surface area (Å²) >= 11 is 0. The topological polar surface area (TPSA) is 54.3 Å². The average Bonchev–Trinajstić information content (AvgIpc) is 2.60. The van der Waals surface area contributed by atoms with Gasteiger partial charge in [-0.05, 0) is 42.5 Å². The molecule has 128 valence electrons. The van der Waals surface area contributed by atoms with E-state index in [4.69, 9.17) is 6.42 Å². The SMILES string of the molecule is C#CCNC(=C1CCC1)c1cccn(C(CO)c2ccccc2)c1=O. The summed E-state index contributed by atoms with van der Waals surface area (Å²) in [5, 5.41) is 13.1. The molecule has 0 bridgehead atoms. The summed E-state index contributed by atoms with van der Waals surface area (Å²) < 4.78 is 1.60. The number of benzene rings is 1. The number of allylic oxidation sites excluding steroid dienone is 1. The highest BCUT2D eigenvalue weighted by Crippen LogP contribution is 2.31. The number of aliphatic hydroxyl groups is 1. The Hall–Kier alpha value is -2.77. The Kier molecular flexibility index (Phi) is 5.37. The molecule has 1 fully saturated rings. The highest BCUT2D eigenvalue weighted by molar-refractivity contribution is 5.67. The van der Waals surface area contributed by atoms with Gasteiger partial charge in [-0.25, -0.2) is 0 Å². The first-order chi connectivity index (χ1) is 12.3. The van der Waals surface area contributed by atoms with Crippen molar-refractivity contribution >= 4 is 5.70 Å². The molecule has 1 heterocycles. The molecular weight excluding hydrogens is 312 g/mol. The number of pyridine rings is 1. The van der Waals surface area contributed by atoms with E-state index < -0.39 is 6.04 Å². The third kappa shape index (κ3) is 3.52. The fraction of sp³-hybridized carbons (Fsp3) is 0.286. The molecule has 0 aliphatic heterocycles. The number of aliphatic hydroxyl groups excluding tert-OH is 1. The van der Waals surface area contributed by atoms with Crippen LogP contribution in [0.2, 0.25) is 0 Å². The first-order valence-electron chi connectivity index (χ1n) is 8.53. The normalized spacial score (nSPS) is 14.3. The highest BCUT2D eigenvalue weighted by Gasteiger charge is 2.21. The zero-order valence-electron chi connectivity index (χ0n) is 14.1. The van der Waals surface area contributed by atoms with Crippen molar-refractivity contribution in [2.75, 3.05) is 13.2 Å². The Morgan fingerprint density at radius 3 is 2.60 bits per heavy atom. The molecule has 1 aromatic heterocycles. The van der Waals surface area contributed by atoms with Crippen molar-refractivity contribution in [1.82, 2.24) is 9.88 Å². The van der Waals surface area contributed by atoms with E-state index in [2.05, 4.69) is 11.2 Å². The standard InChI is InChI=1S/C21H22N2O2/c1-2-13-22-20(17-10-6-11-17)18-12-7-14-23(21(18)25)19(15-24)16-8-4-3-5-9-16/h1,3-5,7-9,12,14,19,22,24H,6,10-11,13,15H2. The first kappa shape index (κ1) is 17.1. The fourth-order valence-corrected chi connectivity index (χ4v) is 3.13. The lowest BCUT2D eigenvalue weighted by Crippen LogP contribution is -2.32. The van der Waals surface area contributed by atoms with Crippen molar-refractivity contribution in [3.63, 3.8) is 0 Å². The van der Waals surface area contributed by atoms with Crippen LogP contribution in [0, 0.1) is 12.3 Å². The van der Waals surface area contributed by atoms with Crippen LogP contribution < -0.4 is 10.9 Å². The van der Waals surface area contributed by atoms with Gasteiger partial charge >= 0.3 is 0 Å². The molecule has 2 N–H and O–H groups in total. The van der Waals surface area contributed by atoms with E-state index in [0.29, 0.717) is 12.1 Å². The van der Waals surface area contributed by atoms with E-state index in [9.17, 15) is 9.90 Å². The molecule has 4 heteroatoms. The second-order valence-electron chi connectivity index (χ2n) is 6.13. The summed E-state index contributed by atoms with van der Waals surface area (Å²) in [6, 6.07) is 12.8. The van der Waals surface area contributed by atoms with Crippen LogP contribution in [0.3, 0.4) is 0 Å². The quantitative estimate of drug-likeness (QED) is 0.798. The van der Waals surface area contributed by atoms with Gasteiger partial charge < -0.3 is 15.0 Å². The molecule has 2 aromatic rings. The zero-order chi connectivity index (χ0) is 17.6. The maximum Gasteiger partial charge on any atom is 0.260 e. The summed E-state index contributed by atoms with van der Waals surface area (Å²) in [5.41, 5.74) is 3.49. The zero-order valence-corrected chi connectivity index (χ0v) is 14.1. The molecule has 1 atom stereocenters. The van der Waals surface area contributed by atoms with Crippen LogP contribution in [0.5, 0.6) is 0 Å². The lowest BCUT2D eigenvalue weighted by atomic mass is 9.88. The molecule has 25 heavy (non-hydrogen) atoms. The van der Waals surface area contributed by atoms with E-state index in [0.717, 1.165) is 30.5 Å². The van der Waals surface area contributed by atoms with Crippen LogP contribution >= 0.6 is 0 Å². The molecule has 0 amide bonds. The van der Waals surface area contributed by atoms with Crippen molar-refractivity contribution in [2.45, 2.75) is 25.3 Å². The number of nitrogens with one attached hydrogen (secondary N) is 1. The predicted octanol–water partition coefficient (Wildman–Crippen LogP) is 2.55. The highest BCUT2D eigenvalue weighted by atomic mass is 16.3. The minimum absolute atomic E-state index is 0.121. The smallest absolute Gasteiger partial charge is 0.260 e. The Labute approximate surface area is 147 Å². The summed E-state index contributed by atoms with van der Waals surface area (Å²) in [7, 11) is 0. The molecule has 0 saturated heterocycles. The second kappa shape index (κ2) is 7.87. The van der Waals surface area contributed by atoms with Crippen LogP contribution in [0.1, 0.15) is 36.4 Å². The molecular formula is C21H22N2O2. The fourth-order valence-electron chi connectivity index (χ4n) is 3.13.